The molecular formula is C10H16ClN5. The molecule has 0 saturated carbocycles. The summed E-state index contributed by atoms with van der Waals surface area (Å²) < 4.78 is 0. The highest BCUT2D eigenvalue weighted by molar-refractivity contribution is 6.28. The van der Waals surface area contributed by atoms with Crippen LogP contribution in [0, 0.1) is 0 Å². The summed E-state index contributed by atoms with van der Waals surface area (Å²) in [5, 5.41) is 0.246. The van der Waals surface area contributed by atoms with Gasteiger partial charge >= 0.3 is 0 Å². The quantitative estimate of drug-likeness (QED) is 0.739. The lowest BCUT2D eigenvalue weighted by Crippen LogP contribution is -2.50. The van der Waals surface area contributed by atoms with Gasteiger partial charge in [0.2, 0.25) is 5.28 Å². The lowest BCUT2D eigenvalue weighted by molar-refractivity contribution is 0.233. The fourth-order valence-electron chi connectivity index (χ4n) is 1.86. The topological polar surface area (TPSA) is 58.3 Å². The number of rotatable bonds is 1. The van der Waals surface area contributed by atoms with Crippen molar-refractivity contribution >= 4 is 23.1 Å². The number of anilines is 2. The summed E-state index contributed by atoms with van der Waals surface area (Å²) in [6, 6.07) is 0.488. The molecule has 1 aliphatic rings. The van der Waals surface area contributed by atoms with Crippen molar-refractivity contribution in [2.45, 2.75) is 13.0 Å². The van der Waals surface area contributed by atoms with Crippen molar-refractivity contribution < 1.29 is 0 Å². The molecule has 5 nitrogen and oxygen atoms in total. The minimum atomic E-state index is 0.246. The van der Waals surface area contributed by atoms with Crippen LogP contribution in [0.5, 0.6) is 0 Å². The largest absolute Gasteiger partial charge is 0.394 e. The standard InChI is InChI=1S/C10H16ClN5/c1-7-6-16(4-3-15(7)2)9-8(12)5-13-10(11)14-9/h5,7H,3-4,6,12H2,1-2H3. The van der Waals surface area contributed by atoms with E-state index in [1.807, 2.05) is 0 Å². The maximum atomic E-state index is 5.86. The van der Waals surface area contributed by atoms with E-state index in [-0.39, 0.29) is 5.28 Å². The van der Waals surface area contributed by atoms with E-state index < -0.39 is 0 Å². The highest BCUT2D eigenvalue weighted by atomic mass is 35.5. The average molecular weight is 242 g/mol. The number of hydrogen-bond donors (Lipinski definition) is 1. The number of halogens is 1. The Morgan fingerprint density at radius 3 is 2.94 bits per heavy atom. The van der Waals surface area contributed by atoms with Gasteiger partial charge in [-0.05, 0) is 25.6 Å². The van der Waals surface area contributed by atoms with Gasteiger partial charge in [0.15, 0.2) is 5.82 Å². The zero-order valence-corrected chi connectivity index (χ0v) is 10.3. The Balaban J connectivity index is 2.21. The summed E-state index contributed by atoms with van der Waals surface area (Å²) in [4.78, 5) is 12.5. The van der Waals surface area contributed by atoms with Crippen LogP contribution < -0.4 is 10.6 Å². The van der Waals surface area contributed by atoms with Crippen LogP contribution in [0.25, 0.3) is 0 Å². The minimum Gasteiger partial charge on any atom is -0.394 e. The number of hydrogen-bond acceptors (Lipinski definition) is 5. The lowest BCUT2D eigenvalue weighted by atomic mass is 10.2. The van der Waals surface area contributed by atoms with Crippen LogP contribution in [0.4, 0.5) is 11.5 Å². The summed E-state index contributed by atoms with van der Waals surface area (Å²) in [6.45, 7) is 5.01. The van der Waals surface area contributed by atoms with Crippen molar-refractivity contribution in [2.24, 2.45) is 0 Å². The van der Waals surface area contributed by atoms with Gasteiger partial charge in [-0.15, -0.1) is 0 Å². The fourth-order valence-corrected chi connectivity index (χ4v) is 1.98. The molecule has 6 heteroatoms. The predicted molar refractivity (Wildman–Crippen MR) is 65.8 cm³/mol. The van der Waals surface area contributed by atoms with E-state index in [1.165, 1.54) is 0 Å². The van der Waals surface area contributed by atoms with E-state index in [2.05, 4.69) is 33.7 Å². The summed E-state index contributed by atoms with van der Waals surface area (Å²) in [5.41, 5.74) is 6.45. The number of nitrogens with zero attached hydrogens (tertiary/aromatic N) is 4. The zero-order valence-electron chi connectivity index (χ0n) is 9.52. The number of aromatic nitrogens is 2. The van der Waals surface area contributed by atoms with Gasteiger partial charge in [-0.2, -0.15) is 4.98 Å². The van der Waals surface area contributed by atoms with Crippen molar-refractivity contribution in [3.05, 3.63) is 11.5 Å². The summed E-state index contributed by atoms with van der Waals surface area (Å²) in [6.07, 6.45) is 1.56. The Labute approximate surface area is 100 Å². The van der Waals surface area contributed by atoms with Gasteiger partial charge in [0, 0.05) is 25.7 Å². The van der Waals surface area contributed by atoms with E-state index in [4.69, 9.17) is 17.3 Å². The third-order valence-corrected chi connectivity index (χ3v) is 3.21. The number of likely N-dealkylation sites (N-methyl/N-ethyl adjacent to an activating group) is 1. The summed E-state index contributed by atoms with van der Waals surface area (Å²) in [5.74, 6) is 0.750. The summed E-state index contributed by atoms with van der Waals surface area (Å²) >= 11 is 5.79. The van der Waals surface area contributed by atoms with Crippen molar-refractivity contribution in [2.75, 3.05) is 37.3 Å². The molecule has 1 aromatic rings. The Morgan fingerprint density at radius 2 is 2.25 bits per heavy atom. The lowest BCUT2D eigenvalue weighted by Gasteiger charge is -2.38. The molecule has 1 saturated heterocycles. The highest BCUT2D eigenvalue weighted by Gasteiger charge is 2.23. The van der Waals surface area contributed by atoms with Crippen molar-refractivity contribution in [3.63, 3.8) is 0 Å². The van der Waals surface area contributed by atoms with Gasteiger partial charge in [-0.1, -0.05) is 0 Å². The van der Waals surface area contributed by atoms with Crippen LogP contribution >= 0.6 is 11.6 Å². The van der Waals surface area contributed by atoms with Gasteiger partial charge in [0.1, 0.15) is 0 Å². The molecule has 1 fully saturated rings. The molecule has 2 N–H and O–H groups in total. The monoisotopic (exact) mass is 241 g/mol. The first kappa shape index (κ1) is 11.4. The molecule has 0 aliphatic carbocycles. The van der Waals surface area contributed by atoms with E-state index >= 15 is 0 Å². The fraction of sp³-hybridized carbons (Fsp3) is 0.600. The first-order chi connectivity index (χ1) is 7.58. The van der Waals surface area contributed by atoms with Crippen LogP contribution in [0.1, 0.15) is 6.92 Å². The van der Waals surface area contributed by atoms with Crippen LogP contribution in [0.3, 0.4) is 0 Å². The van der Waals surface area contributed by atoms with Gasteiger partial charge < -0.3 is 15.5 Å². The predicted octanol–water partition coefficient (Wildman–Crippen LogP) is 0.852. The van der Waals surface area contributed by atoms with Crippen molar-refractivity contribution in [3.8, 4) is 0 Å². The van der Waals surface area contributed by atoms with Gasteiger partial charge in [0.05, 0.1) is 11.9 Å². The normalized spacial score (nSPS) is 22.4. The minimum absolute atomic E-state index is 0.246. The molecule has 1 unspecified atom stereocenters. The number of nitrogens with two attached hydrogens (primary N) is 1. The van der Waals surface area contributed by atoms with E-state index in [0.29, 0.717) is 11.7 Å². The Morgan fingerprint density at radius 1 is 1.50 bits per heavy atom. The molecule has 2 rings (SSSR count). The Kier molecular flexibility index (Phi) is 3.16. The van der Waals surface area contributed by atoms with Gasteiger partial charge in [-0.25, -0.2) is 4.98 Å². The van der Waals surface area contributed by atoms with Crippen LogP contribution in [-0.4, -0.2) is 47.6 Å². The van der Waals surface area contributed by atoms with Crippen molar-refractivity contribution in [1.82, 2.24) is 14.9 Å². The molecule has 0 radical (unpaired) electrons. The molecule has 1 aliphatic heterocycles. The maximum absolute atomic E-state index is 5.86. The first-order valence-corrected chi connectivity index (χ1v) is 5.69. The SMILES string of the molecule is CC1CN(c2nc(Cl)ncc2N)CCN1C. The number of nitrogen functional groups attached to an aromatic ring is 1. The smallest absolute Gasteiger partial charge is 0.224 e. The maximum Gasteiger partial charge on any atom is 0.224 e. The molecular weight excluding hydrogens is 226 g/mol. The average Bonchev–Trinajstić information content (AvgIpc) is 2.26. The van der Waals surface area contributed by atoms with Gasteiger partial charge in [-0.3, -0.25) is 0 Å². The second kappa shape index (κ2) is 4.43. The van der Waals surface area contributed by atoms with E-state index in [9.17, 15) is 0 Å². The molecule has 1 aromatic heterocycles. The Bertz CT molecular complexity index is 383. The third-order valence-electron chi connectivity index (χ3n) is 3.03. The molecule has 0 bridgehead atoms. The van der Waals surface area contributed by atoms with E-state index in [0.717, 1.165) is 25.5 Å². The first-order valence-electron chi connectivity index (χ1n) is 5.31. The van der Waals surface area contributed by atoms with Crippen LogP contribution in [-0.2, 0) is 0 Å². The third kappa shape index (κ3) is 2.20. The molecule has 0 spiro atoms. The molecule has 0 amide bonds. The van der Waals surface area contributed by atoms with Crippen molar-refractivity contribution in [1.29, 1.82) is 0 Å². The molecule has 1 atom stereocenters. The summed E-state index contributed by atoms with van der Waals surface area (Å²) in [7, 11) is 2.12. The van der Waals surface area contributed by atoms with E-state index in [1.54, 1.807) is 6.20 Å². The van der Waals surface area contributed by atoms with Crippen LogP contribution in [0.2, 0.25) is 5.28 Å². The molecule has 0 aromatic carbocycles. The van der Waals surface area contributed by atoms with Gasteiger partial charge in [0.25, 0.3) is 0 Å². The second-order valence-electron chi connectivity index (χ2n) is 4.19. The highest BCUT2D eigenvalue weighted by Crippen LogP contribution is 2.23. The molecule has 16 heavy (non-hydrogen) atoms. The van der Waals surface area contributed by atoms with Crippen LogP contribution in [0.15, 0.2) is 6.20 Å². The molecule has 88 valence electrons. The Hall–Kier alpha value is -1.07. The number of piperazine rings is 1. The second-order valence-corrected chi connectivity index (χ2v) is 4.53. The molecule has 2 heterocycles. The zero-order chi connectivity index (χ0) is 11.7.